The van der Waals surface area contributed by atoms with Crippen LogP contribution in [-0.4, -0.2) is 54.0 Å². The van der Waals surface area contributed by atoms with Gasteiger partial charge >= 0.3 is 0 Å². The molecule has 7 heteroatoms. The minimum Gasteiger partial charge on any atom is -0.497 e. The van der Waals surface area contributed by atoms with Crippen LogP contribution < -0.4 is 14.8 Å². The summed E-state index contributed by atoms with van der Waals surface area (Å²) >= 11 is 0. The van der Waals surface area contributed by atoms with Crippen LogP contribution in [0.15, 0.2) is 42.7 Å². The fourth-order valence-electron chi connectivity index (χ4n) is 3.61. The average Bonchev–Trinajstić information content (AvgIpc) is 2.75. The number of nitrogens with one attached hydrogen (secondary N) is 1. The van der Waals surface area contributed by atoms with Gasteiger partial charge in [-0.05, 0) is 43.2 Å². The average molecular weight is 412 g/mol. The molecular formula is C23H29N3O4. The van der Waals surface area contributed by atoms with Gasteiger partial charge in [-0.25, -0.2) is 0 Å². The van der Waals surface area contributed by atoms with Gasteiger partial charge in [0.1, 0.15) is 17.6 Å². The summed E-state index contributed by atoms with van der Waals surface area (Å²) in [6, 6.07) is 9.07. The molecule has 1 N–H and O–H groups in total. The standard InChI is InChI=1S/C23H29N3O4/c1-16(13-18-5-4-10-24-15-18)25-23(28)21-14-20(29-3)6-7-22(21)30-19-8-11-26(12-9-19)17(2)27/h4-7,10,14-16,19H,8-9,11-13H2,1-3H3,(H,25,28)/t16-/m0/s1. The number of carbonyl (C=O) groups excluding carboxylic acids is 2. The Bertz CT molecular complexity index is 864. The summed E-state index contributed by atoms with van der Waals surface area (Å²) in [5.74, 6) is 1.00. The van der Waals surface area contributed by atoms with Crippen molar-refractivity contribution in [3.63, 3.8) is 0 Å². The molecule has 1 aliphatic rings. The fourth-order valence-corrected chi connectivity index (χ4v) is 3.61. The van der Waals surface area contributed by atoms with Gasteiger partial charge in [-0.1, -0.05) is 6.07 Å². The van der Waals surface area contributed by atoms with Gasteiger partial charge in [-0.15, -0.1) is 0 Å². The van der Waals surface area contributed by atoms with Gasteiger partial charge in [-0.3, -0.25) is 14.6 Å². The first-order chi connectivity index (χ1) is 14.5. The monoisotopic (exact) mass is 411 g/mol. The van der Waals surface area contributed by atoms with Crippen LogP contribution in [0.4, 0.5) is 0 Å². The molecule has 0 radical (unpaired) electrons. The maximum absolute atomic E-state index is 13.0. The lowest BCUT2D eigenvalue weighted by molar-refractivity contribution is -0.130. The highest BCUT2D eigenvalue weighted by molar-refractivity contribution is 5.97. The van der Waals surface area contributed by atoms with Crippen molar-refractivity contribution < 1.29 is 19.1 Å². The van der Waals surface area contributed by atoms with E-state index in [9.17, 15) is 9.59 Å². The fraction of sp³-hybridized carbons (Fsp3) is 0.435. The van der Waals surface area contributed by atoms with E-state index >= 15 is 0 Å². The molecule has 1 saturated heterocycles. The Kier molecular flexibility index (Phi) is 7.27. The molecule has 1 aromatic heterocycles. The molecule has 1 fully saturated rings. The largest absolute Gasteiger partial charge is 0.497 e. The van der Waals surface area contributed by atoms with Crippen molar-refractivity contribution in [1.82, 2.24) is 15.2 Å². The number of hydrogen-bond acceptors (Lipinski definition) is 5. The van der Waals surface area contributed by atoms with Gasteiger partial charge in [-0.2, -0.15) is 0 Å². The Balaban J connectivity index is 1.68. The lowest BCUT2D eigenvalue weighted by atomic mass is 10.1. The highest BCUT2D eigenvalue weighted by Gasteiger charge is 2.24. The number of pyridine rings is 1. The van der Waals surface area contributed by atoms with Crippen LogP contribution in [-0.2, 0) is 11.2 Å². The summed E-state index contributed by atoms with van der Waals surface area (Å²) in [7, 11) is 1.57. The number of carbonyl (C=O) groups is 2. The Morgan fingerprint density at radius 2 is 2.03 bits per heavy atom. The van der Waals surface area contributed by atoms with Crippen molar-refractivity contribution in [2.75, 3.05) is 20.2 Å². The van der Waals surface area contributed by atoms with E-state index in [0.29, 0.717) is 36.6 Å². The zero-order chi connectivity index (χ0) is 21.5. The summed E-state index contributed by atoms with van der Waals surface area (Å²) in [6.07, 6.45) is 5.66. The molecule has 0 unspecified atom stereocenters. The Hall–Kier alpha value is -3.09. The summed E-state index contributed by atoms with van der Waals surface area (Å²) in [5.41, 5.74) is 1.51. The number of benzene rings is 1. The summed E-state index contributed by atoms with van der Waals surface area (Å²) in [4.78, 5) is 30.5. The Morgan fingerprint density at radius 1 is 1.27 bits per heavy atom. The van der Waals surface area contributed by atoms with Crippen molar-refractivity contribution in [3.05, 3.63) is 53.9 Å². The maximum Gasteiger partial charge on any atom is 0.255 e. The molecule has 7 nitrogen and oxygen atoms in total. The number of rotatable bonds is 7. The van der Waals surface area contributed by atoms with Crippen LogP contribution in [0, 0.1) is 0 Å². The van der Waals surface area contributed by atoms with Gasteiger partial charge in [0.05, 0.1) is 12.7 Å². The second-order valence-electron chi connectivity index (χ2n) is 7.63. The number of nitrogens with zero attached hydrogens (tertiary/aromatic N) is 2. The molecular weight excluding hydrogens is 382 g/mol. The van der Waals surface area contributed by atoms with Gasteiger partial charge in [0, 0.05) is 51.3 Å². The highest BCUT2D eigenvalue weighted by Crippen LogP contribution is 2.27. The van der Waals surface area contributed by atoms with Crippen LogP contribution in [0.25, 0.3) is 0 Å². The SMILES string of the molecule is COc1ccc(OC2CCN(C(C)=O)CC2)c(C(=O)N[C@@H](C)Cc2cccnc2)c1. The smallest absolute Gasteiger partial charge is 0.255 e. The van der Waals surface area contributed by atoms with Crippen LogP contribution in [0.2, 0.25) is 0 Å². The molecule has 0 spiro atoms. The predicted molar refractivity (Wildman–Crippen MR) is 114 cm³/mol. The number of hydrogen-bond donors (Lipinski definition) is 1. The summed E-state index contributed by atoms with van der Waals surface area (Å²) in [6.45, 7) is 4.88. The van der Waals surface area contributed by atoms with E-state index in [1.807, 2.05) is 24.0 Å². The van der Waals surface area contributed by atoms with E-state index in [1.54, 1.807) is 44.6 Å². The third kappa shape index (κ3) is 5.72. The van der Waals surface area contributed by atoms with Crippen molar-refractivity contribution in [3.8, 4) is 11.5 Å². The third-order valence-electron chi connectivity index (χ3n) is 5.25. The molecule has 1 aromatic carbocycles. The maximum atomic E-state index is 13.0. The number of amides is 2. The zero-order valence-electron chi connectivity index (χ0n) is 17.8. The Morgan fingerprint density at radius 3 is 2.67 bits per heavy atom. The number of aromatic nitrogens is 1. The first kappa shape index (κ1) is 21.6. The quantitative estimate of drug-likeness (QED) is 0.758. The highest BCUT2D eigenvalue weighted by atomic mass is 16.5. The first-order valence-electron chi connectivity index (χ1n) is 10.3. The number of piperidine rings is 1. The van der Waals surface area contributed by atoms with Crippen molar-refractivity contribution in [2.45, 2.75) is 45.3 Å². The molecule has 160 valence electrons. The van der Waals surface area contributed by atoms with E-state index in [1.165, 1.54) is 0 Å². The van der Waals surface area contributed by atoms with Crippen molar-refractivity contribution >= 4 is 11.8 Å². The molecule has 2 aromatic rings. The van der Waals surface area contributed by atoms with E-state index in [2.05, 4.69) is 10.3 Å². The minimum absolute atomic E-state index is 0.0339. The molecule has 1 atom stereocenters. The van der Waals surface area contributed by atoms with Crippen molar-refractivity contribution in [1.29, 1.82) is 0 Å². The molecule has 2 heterocycles. The second kappa shape index (κ2) is 10.1. The van der Waals surface area contributed by atoms with E-state index in [4.69, 9.17) is 9.47 Å². The van der Waals surface area contributed by atoms with E-state index in [0.717, 1.165) is 18.4 Å². The Labute approximate surface area is 177 Å². The molecule has 3 rings (SSSR count). The van der Waals surface area contributed by atoms with E-state index in [-0.39, 0.29) is 24.0 Å². The van der Waals surface area contributed by atoms with E-state index < -0.39 is 0 Å². The van der Waals surface area contributed by atoms with Crippen molar-refractivity contribution in [2.24, 2.45) is 0 Å². The zero-order valence-corrected chi connectivity index (χ0v) is 17.8. The second-order valence-corrected chi connectivity index (χ2v) is 7.63. The van der Waals surface area contributed by atoms with Crippen LogP contribution in [0.3, 0.4) is 0 Å². The van der Waals surface area contributed by atoms with Gasteiger partial charge in [0.2, 0.25) is 5.91 Å². The number of methoxy groups -OCH3 is 1. The summed E-state index contributed by atoms with van der Waals surface area (Å²) < 4.78 is 11.5. The van der Waals surface area contributed by atoms with Gasteiger partial charge in [0.15, 0.2) is 0 Å². The molecule has 0 saturated carbocycles. The number of ether oxygens (including phenoxy) is 2. The predicted octanol–water partition coefficient (Wildman–Crippen LogP) is 2.84. The topological polar surface area (TPSA) is 80.8 Å². The lowest BCUT2D eigenvalue weighted by Gasteiger charge is -2.32. The molecule has 30 heavy (non-hydrogen) atoms. The molecule has 2 amide bonds. The lowest BCUT2D eigenvalue weighted by Crippen LogP contribution is -2.41. The number of likely N-dealkylation sites (tertiary alicyclic amines) is 1. The van der Waals surface area contributed by atoms with Crippen LogP contribution in [0.5, 0.6) is 11.5 Å². The molecule has 1 aliphatic heterocycles. The minimum atomic E-state index is -0.207. The molecule has 0 bridgehead atoms. The first-order valence-corrected chi connectivity index (χ1v) is 10.3. The normalized spacial score (nSPS) is 15.4. The van der Waals surface area contributed by atoms with Crippen LogP contribution >= 0.6 is 0 Å². The van der Waals surface area contributed by atoms with Gasteiger partial charge in [0.25, 0.3) is 5.91 Å². The molecule has 0 aliphatic carbocycles. The van der Waals surface area contributed by atoms with Crippen LogP contribution in [0.1, 0.15) is 42.6 Å². The van der Waals surface area contributed by atoms with Gasteiger partial charge < -0.3 is 19.7 Å². The third-order valence-corrected chi connectivity index (χ3v) is 5.25. The summed E-state index contributed by atoms with van der Waals surface area (Å²) in [5, 5.41) is 3.04.